The van der Waals surface area contributed by atoms with E-state index in [0.29, 0.717) is 29.2 Å². The molecule has 0 radical (unpaired) electrons. The van der Waals surface area contributed by atoms with Crippen LogP contribution in [0.25, 0.3) is 0 Å². The molecule has 8 nitrogen and oxygen atoms in total. The van der Waals surface area contributed by atoms with Crippen LogP contribution in [0, 0.1) is 0 Å². The van der Waals surface area contributed by atoms with E-state index in [1.807, 2.05) is 0 Å². The first-order valence-corrected chi connectivity index (χ1v) is 8.68. The fraction of sp³-hybridized carbons (Fsp3) is 0.529. The van der Waals surface area contributed by atoms with Gasteiger partial charge in [-0.05, 0) is 37.8 Å². The Balaban J connectivity index is 1.38. The van der Waals surface area contributed by atoms with Crippen molar-refractivity contribution < 1.29 is 9.90 Å². The predicted octanol–water partition coefficient (Wildman–Crippen LogP) is 1.22. The maximum atomic E-state index is 12.4. The first-order chi connectivity index (χ1) is 12.2. The lowest BCUT2D eigenvalue weighted by Crippen LogP contribution is -2.44. The van der Waals surface area contributed by atoms with Gasteiger partial charge in [0.25, 0.3) is 5.91 Å². The summed E-state index contributed by atoms with van der Waals surface area (Å²) in [5.41, 5.74) is 0.603. The third kappa shape index (κ3) is 3.09. The highest BCUT2D eigenvalue weighted by atomic mass is 16.3. The van der Waals surface area contributed by atoms with Gasteiger partial charge < -0.3 is 20.3 Å². The van der Waals surface area contributed by atoms with Crippen molar-refractivity contribution in [2.24, 2.45) is 0 Å². The topological polar surface area (TPSA) is 105 Å². The molecule has 25 heavy (non-hydrogen) atoms. The molecule has 2 aromatic rings. The highest BCUT2D eigenvalue weighted by Crippen LogP contribution is 2.42. The first-order valence-electron chi connectivity index (χ1n) is 8.68. The number of anilines is 1. The molecule has 132 valence electrons. The van der Waals surface area contributed by atoms with Crippen LogP contribution in [0.3, 0.4) is 0 Å². The minimum Gasteiger partial charge on any atom is -0.388 e. The van der Waals surface area contributed by atoms with Gasteiger partial charge in [0.15, 0.2) is 5.82 Å². The van der Waals surface area contributed by atoms with Crippen LogP contribution in [0.15, 0.2) is 18.3 Å². The quantitative estimate of drug-likeness (QED) is 0.729. The summed E-state index contributed by atoms with van der Waals surface area (Å²) in [6.07, 6.45) is 5.58. The Labute approximate surface area is 145 Å². The molecule has 2 saturated carbocycles. The summed E-state index contributed by atoms with van der Waals surface area (Å²) in [4.78, 5) is 16.5. The highest BCUT2D eigenvalue weighted by Gasteiger charge is 2.38. The number of carbonyl (C=O) groups excluding carboxylic acids is 1. The van der Waals surface area contributed by atoms with Gasteiger partial charge in [-0.25, -0.2) is 4.98 Å². The van der Waals surface area contributed by atoms with Crippen LogP contribution in [0.2, 0.25) is 0 Å². The van der Waals surface area contributed by atoms with Crippen molar-refractivity contribution in [3.8, 4) is 0 Å². The standard InChI is InChI=1S/C17H22N6O2/c1-18-14-8-10(4-5-19-14)17(25)20-12-6-11(7-12)16-22-21-15(9-24)23(16)13-2-3-13/h4-5,8,11-13,24H,2-3,6-7,9H2,1H3,(H,18,19)(H,20,25). The van der Waals surface area contributed by atoms with Crippen molar-refractivity contribution in [2.75, 3.05) is 12.4 Å². The van der Waals surface area contributed by atoms with Gasteiger partial charge in [0.05, 0.1) is 0 Å². The fourth-order valence-corrected chi connectivity index (χ4v) is 3.38. The molecular formula is C17H22N6O2. The molecule has 0 spiro atoms. The number of rotatable bonds is 6. The van der Waals surface area contributed by atoms with Gasteiger partial charge in [0.2, 0.25) is 0 Å². The number of nitrogens with zero attached hydrogens (tertiary/aromatic N) is 4. The third-order valence-electron chi connectivity index (χ3n) is 4.96. The Morgan fingerprint density at radius 2 is 2.16 bits per heavy atom. The lowest BCUT2D eigenvalue weighted by molar-refractivity contribution is 0.0906. The molecule has 4 rings (SSSR count). The normalized spacial score (nSPS) is 22.3. The molecule has 1 amide bonds. The Morgan fingerprint density at radius 3 is 2.84 bits per heavy atom. The summed E-state index contributed by atoms with van der Waals surface area (Å²) in [6, 6.07) is 4.04. The second-order valence-corrected chi connectivity index (χ2v) is 6.75. The van der Waals surface area contributed by atoms with Gasteiger partial charge in [0.1, 0.15) is 18.2 Å². The molecule has 2 aliphatic rings. The van der Waals surface area contributed by atoms with Crippen LogP contribution < -0.4 is 10.6 Å². The summed E-state index contributed by atoms with van der Waals surface area (Å²) in [7, 11) is 1.77. The van der Waals surface area contributed by atoms with Crippen molar-refractivity contribution >= 4 is 11.7 Å². The summed E-state index contributed by atoms with van der Waals surface area (Å²) < 4.78 is 2.10. The molecule has 2 aliphatic carbocycles. The van der Waals surface area contributed by atoms with Crippen LogP contribution in [0.4, 0.5) is 5.82 Å². The first kappa shape index (κ1) is 16.0. The lowest BCUT2D eigenvalue weighted by Gasteiger charge is -2.35. The SMILES string of the molecule is CNc1cc(C(=O)NC2CC(c3nnc(CO)n3C3CC3)C2)ccn1. The van der Waals surface area contributed by atoms with Crippen LogP contribution in [0.5, 0.6) is 0 Å². The third-order valence-corrected chi connectivity index (χ3v) is 4.96. The van der Waals surface area contributed by atoms with E-state index in [9.17, 15) is 9.90 Å². The minimum absolute atomic E-state index is 0.0772. The molecule has 2 fully saturated rings. The van der Waals surface area contributed by atoms with Crippen molar-refractivity contribution in [1.82, 2.24) is 25.1 Å². The zero-order valence-electron chi connectivity index (χ0n) is 14.1. The molecule has 0 aliphatic heterocycles. The molecule has 0 bridgehead atoms. The van der Waals surface area contributed by atoms with Gasteiger partial charge in [-0.3, -0.25) is 4.79 Å². The molecule has 0 unspecified atom stereocenters. The number of nitrogens with one attached hydrogen (secondary N) is 2. The average molecular weight is 342 g/mol. The van der Waals surface area contributed by atoms with Gasteiger partial charge in [0, 0.05) is 36.8 Å². The molecule has 0 saturated heterocycles. The van der Waals surface area contributed by atoms with Crippen molar-refractivity contribution in [3.63, 3.8) is 0 Å². The lowest BCUT2D eigenvalue weighted by atomic mass is 9.79. The van der Waals surface area contributed by atoms with E-state index in [1.54, 1.807) is 25.4 Å². The Kier molecular flexibility index (Phi) is 4.12. The molecule has 8 heteroatoms. The number of hydrogen-bond acceptors (Lipinski definition) is 6. The number of carbonyl (C=O) groups is 1. The summed E-state index contributed by atoms with van der Waals surface area (Å²) in [5.74, 6) is 2.50. The number of amides is 1. The van der Waals surface area contributed by atoms with Crippen molar-refractivity contribution in [2.45, 2.75) is 50.3 Å². The number of hydrogen-bond donors (Lipinski definition) is 3. The van der Waals surface area contributed by atoms with E-state index >= 15 is 0 Å². The van der Waals surface area contributed by atoms with Crippen LogP contribution in [-0.2, 0) is 6.61 Å². The summed E-state index contributed by atoms with van der Waals surface area (Å²) >= 11 is 0. The van der Waals surface area contributed by atoms with E-state index in [2.05, 4.69) is 30.4 Å². The minimum atomic E-state index is -0.0814. The smallest absolute Gasteiger partial charge is 0.251 e. The molecule has 0 aromatic carbocycles. The predicted molar refractivity (Wildman–Crippen MR) is 91.2 cm³/mol. The number of aliphatic hydroxyl groups is 1. The van der Waals surface area contributed by atoms with Crippen LogP contribution in [-0.4, -0.2) is 43.9 Å². The van der Waals surface area contributed by atoms with Crippen LogP contribution in [0.1, 0.15) is 59.6 Å². The van der Waals surface area contributed by atoms with E-state index in [1.165, 1.54) is 0 Å². The van der Waals surface area contributed by atoms with Gasteiger partial charge in [-0.2, -0.15) is 0 Å². The van der Waals surface area contributed by atoms with Crippen molar-refractivity contribution in [1.29, 1.82) is 0 Å². The molecule has 3 N–H and O–H groups in total. The van der Waals surface area contributed by atoms with Gasteiger partial charge >= 0.3 is 0 Å². The second kappa shape index (κ2) is 6.44. The second-order valence-electron chi connectivity index (χ2n) is 6.75. The summed E-state index contributed by atoms with van der Waals surface area (Å²) in [5, 5.41) is 23.8. The largest absolute Gasteiger partial charge is 0.388 e. The maximum Gasteiger partial charge on any atom is 0.251 e. The van der Waals surface area contributed by atoms with E-state index in [4.69, 9.17) is 0 Å². The fourth-order valence-electron chi connectivity index (χ4n) is 3.38. The number of aliphatic hydroxyl groups excluding tert-OH is 1. The average Bonchev–Trinajstić information content (AvgIpc) is 3.36. The molecule has 0 atom stereocenters. The Morgan fingerprint density at radius 1 is 1.36 bits per heavy atom. The highest BCUT2D eigenvalue weighted by molar-refractivity contribution is 5.95. The molecule has 2 aromatic heterocycles. The van der Waals surface area contributed by atoms with E-state index in [-0.39, 0.29) is 18.6 Å². The maximum absolute atomic E-state index is 12.4. The van der Waals surface area contributed by atoms with Gasteiger partial charge in [-0.1, -0.05) is 0 Å². The Hall–Kier alpha value is -2.48. The van der Waals surface area contributed by atoms with Gasteiger partial charge in [-0.15, -0.1) is 10.2 Å². The van der Waals surface area contributed by atoms with Crippen molar-refractivity contribution in [3.05, 3.63) is 35.5 Å². The monoisotopic (exact) mass is 342 g/mol. The summed E-state index contributed by atoms with van der Waals surface area (Å²) in [6.45, 7) is -0.0772. The number of aromatic nitrogens is 4. The zero-order valence-corrected chi connectivity index (χ0v) is 14.1. The zero-order chi connectivity index (χ0) is 17.4. The number of pyridine rings is 1. The van der Waals surface area contributed by atoms with Crippen LogP contribution >= 0.6 is 0 Å². The molecule has 2 heterocycles. The van der Waals surface area contributed by atoms with E-state index < -0.39 is 0 Å². The molecular weight excluding hydrogens is 320 g/mol. The van der Waals surface area contributed by atoms with E-state index in [0.717, 1.165) is 31.5 Å². The Bertz CT molecular complexity index is 779.